The van der Waals surface area contributed by atoms with E-state index in [1.807, 2.05) is 0 Å². The van der Waals surface area contributed by atoms with Gasteiger partial charge in [-0.05, 0) is 29.8 Å². The summed E-state index contributed by atoms with van der Waals surface area (Å²) < 4.78 is 5.27. The summed E-state index contributed by atoms with van der Waals surface area (Å²) in [5.74, 6) is -0.388. The molecular weight excluding hydrogens is 228 g/mol. The molecule has 1 N–H and O–H groups in total. The highest BCUT2D eigenvalue weighted by atomic mass is 35.5. The van der Waals surface area contributed by atoms with E-state index in [-0.39, 0.29) is 0 Å². The van der Waals surface area contributed by atoms with Gasteiger partial charge in [0.15, 0.2) is 0 Å². The van der Waals surface area contributed by atoms with E-state index < -0.39 is 5.97 Å². The van der Waals surface area contributed by atoms with Gasteiger partial charge in [-0.1, -0.05) is 24.3 Å². The number of aliphatic carboxylic acids is 1. The van der Waals surface area contributed by atoms with Gasteiger partial charge in [0.1, 0.15) is 12.4 Å². The van der Waals surface area contributed by atoms with Crippen molar-refractivity contribution in [3.8, 4) is 5.75 Å². The topological polar surface area (TPSA) is 46.5 Å². The Balaban J connectivity index is 2.82. The van der Waals surface area contributed by atoms with Crippen LogP contribution in [0, 0.1) is 0 Å². The summed E-state index contributed by atoms with van der Waals surface area (Å²) in [6.45, 7) is 3.93. The first-order valence-electron chi connectivity index (χ1n) is 4.57. The normalized spacial score (nSPS) is 10.3. The number of hydrogen-bond donors (Lipinski definition) is 1. The second-order valence-corrected chi connectivity index (χ2v) is 3.36. The van der Waals surface area contributed by atoms with Crippen molar-refractivity contribution in [1.82, 2.24) is 0 Å². The zero-order valence-electron chi connectivity index (χ0n) is 8.52. The minimum absolute atomic E-state index is 0.403. The molecule has 1 rings (SSSR count). The maximum atomic E-state index is 10.3. The van der Waals surface area contributed by atoms with Gasteiger partial charge in [0.2, 0.25) is 0 Å². The molecule has 0 saturated carbocycles. The summed E-state index contributed by atoms with van der Waals surface area (Å²) in [6, 6.07) is 5.05. The molecular formula is C12H11ClO3. The standard InChI is InChI=1S/C12H11ClO3/c1-2-7-16-10-5-3-9(11(13)8-10)4-6-12(14)15/h2-6,8H,1,7H2,(H,14,15). The summed E-state index contributed by atoms with van der Waals surface area (Å²) >= 11 is 5.94. The van der Waals surface area contributed by atoms with Crippen LogP contribution in [0.25, 0.3) is 6.08 Å². The van der Waals surface area contributed by atoms with Gasteiger partial charge < -0.3 is 9.84 Å². The van der Waals surface area contributed by atoms with E-state index in [1.54, 1.807) is 24.3 Å². The van der Waals surface area contributed by atoms with E-state index in [0.717, 1.165) is 6.08 Å². The van der Waals surface area contributed by atoms with Crippen molar-refractivity contribution in [1.29, 1.82) is 0 Å². The highest BCUT2D eigenvalue weighted by Crippen LogP contribution is 2.23. The molecule has 4 heteroatoms. The van der Waals surface area contributed by atoms with Crippen molar-refractivity contribution in [2.75, 3.05) is 6.61 Å². The number of carbonyl (C=O) groups is 1. The van der Waals surface area contributed by atoms with Crippen molar-refractivity contribution in [2.45, 2.75) is 0 Å². The number of rotatable bonds is 5. The first kappa shape index (κ1) is 12.3. The van der Waals surface area contributed by atoms with E-state index in [1.165, 1.54) is 6.08 Å². The predicted octanol–water partition coefficient (Wildman–Crippen LogP) is 3.00. The number of carboxylic acids is 1. The Hall–Kier alpha value is -1.74. The van der Waals surface area contributed by atoms with Gasteiger partial charge in [-0.15, -0.1) is 0 Å². The third kappa shape index (κ3) is 3.79. The molecule has 84 valence electrons. The number of carboxylic acid groups (broad SMARTS) is 1. The Morgan fingerprint density at radius 2 is 2.31 bits per heavy atom. The lowest BCUT2D eigenvalue weighted by Crippen LogP contribution is -1.93. The fourth-order valence-corrected chi connectivity index (χ4v) is 1.28. The van der Waals surface area contributed by atoms with E-state index >= 15 is 0 Å². The minimum atomic E-state index is -1.01. The van der Waals surface area contributed by atoms with Crippen molar-refractivity contribution in [3.05, 3.63) is 47.5 Å². The fourth-order valence-electron chi connectivity index (χ4n) is 1.05. The van der Waals surface area contributed by atoms with Crippen LogP contribution in [0.1, 0.15) is 5.56 Å². The van der Waals surface area contributed by atoms with Gasteiger partial charge in [-0.3, -0.25) is 0 Å². The second-order valence-electron chi connectivity index (χ2n) is 2.95. The minimum Gasteiger partial charge on any atom is -0.490 e. The molecule has 0 atom stereocenters. The molecule has 0 fully saturated rings. The molecule has 0 aromatic heterocycles. The van der Waals surface area contributed by atoms with E-state index in [2.05, 4.69) is 6.58 Å². The smallest absolute Gasteiger partial charge is 0.328 e. The molecule has 1 aromatic carbocycles. The van der Waals surface area contributed by atoms with E-state index in [0.29, 0.717) is 22.9 Å². The number of hydrogen-bond acceptors (Lipinski definition) is 2. The molecule has 0 bridgehead atoms. The zero-order valence-corrected chi connectivity index (χ0v) is 9.28. The highest BCUT2D eigenvalue weighted by molar-refractivity contribution is 6.32. The average molecular weight is 239 g/mol. The van der Waals surface area contributed by atoms with Crippen LogP contribution in [0.3, 0.4) is 0 Å². The maximum absolute atomic E-state index is 10.3. The SMILES string of the molecule is C=CCOc1ccc(C=CC(=O)O)c(Cl)c1. The molecule has 0 saturated heterocycles. The van der Waals surface area contributed by atoms with Crippen LogP contribution in [0.5, 0.6) is 5.75 Å². The molecule has 0 radical (unpaired) electrons. The molecule has 0 unspecified atom stereocenters. The molecule has 0 amide bonds. The van der Waals surface area contributed by atoms with Gasteiger partial charge in [-0.25, -0.2) is 4.79 Å². The molecule has 16 heavy (non-hydrogen) atoms. The molecule has 0 aliphatic rings. The fraction of sp³-hybridized carbons (Fsp3) is 0.0833. The number of halogens is 1. The number of benzene rings is 1. The van der Waals surface area contributed by atoms with Gasteiger partial charge in [-0.2, -0.15) is 0 Å². The Kier molecular flexibility index (Phi) is 4.61. The first-order chi connectivity index (χ1) is 7.63. The predicted molar refractivity (Wildman–Crippen MR) is 63.8 cm³/mol. The van der Waals surface area contributed by atoms with Gasteiger partial charge in [0, 0.05) is 6.08 Å². The highest BCUT2D eigenvalue weighted by Gasteiger charge is 2.00. The van der Waals surface area contributed by atoms with E-state index in [4.69, 9.17) is 21.4 Å². The summed E-state index contributed by atoms with van der Waals surface area (Å²) in [6.07, 6.45) is 4.10. The monoisotopic (exact) mass is 238 g/mol. The Morgan fingerprint density at radius 3 is 2.88 bits per heavy atom. The van der Waals surface area contributed by atoms with Crippen LogP contribution >= 0.6 is 11.6 Å². The molecule has 0 aliphatic heterocycles. The second kappa shape index (κ2) is 5.98. The molecule has 0 heterocycles. The first-order valence-corrected chi connectivity index (χ1v) is 4.95. The Labute approximate surface area is 98.6 Å². The average Bonchev–Trinajstić information content (AvgIpc) is 2.24. The van der Waals surface area contributed by atoms with Crippen molar-refractivity contribution in [2.24, 2.45) is 0 Å². The van der Waals surface area contributed by atoms with Crippen molar-refractivity contribution >= 4 is 23.6 Å². The van der Waals surface area contributed by atoms with Crippen LogP contribution in [-0.2, 0) is 4.79 Å². The largest absolute Gasteiger partial charge is 0.490 e. The summed E-state index contributed by atoms with van der Waals surface area (Å²) in [5.41, 5.74) is 0.634. The van der Waals surface area contributed by atoms with Crippen molar-refractivity contribution in [3.63, 3.8) is 0 Å². The quantitative estimate of drug-likeness (QED) is 0.634. The zero-order chi connectivity index (χ0) is 12.0. The molecule has 1 aromatic rings. The lowest BCUT2D eigenvalue weighted by Gasteiger charge is -2.04. The van der Waals surface area contributed by atoms with Gasteiger partial charge >= 0.3 is 5.97 Å². The Bertz CT molecular complexity index is 424. The Morgan fingerprint density at radius 1 is 1.56 bits per heavy atom. The summed E-state index contributed by atoms with van der Waals surface area (Å²) in [7, 11) is 0. The molecule has 0 spiro atoms. The van der Waals surface area contributed by atoms with Crippen LogP contribution in [0.4, 0.5) is 0 Å². The van der Waals surface area contributed by atoms with Crippen LogP contribution in [0.15, 0.2) is 36.9 Å². The summed E-state index contributed by atoms with van der Waals surface area (Å²) in [4.78, 5) is 10.3. The number of ether oxygens (including phenoxy) is 1. The van der Waals surface area contributed by atoms with Gasteiger partial charge in [0.05, 0.1) is 5.02 Å². The molecule has 0 aliphatic carbocycles. The maximum Gasteiger partial charge on any atom is 0.328 e. The van der Waals surface area contributed by atoms with E-state index in [9.17, 15) is 4.79 Å². The third-order valence-corrected chi connectivity index (χ3v) is 2.07. The third-order valence-electron chi connectivity index (χ3n) is 1.75. The summed E-state index contributed by atoms with van der Waals surface area (Å²) in [5, 5.41) is 8.91. The van der Waals surface area contributed by atoms with Crippen LogP contribution in [0.2, 0.25) is 5.02 Å². The van der Waals surface area contributed by atoms with Crippen molar-refractivity contribution < 1.29 is 14.6 Å². The van der Waals surface area contributed by atoms with Crippen LogP contribution in [-0.4, -0.2) is 17.7 Å². The van der Waals surface area contributed by atoms with Gasteiger partial charge in [0.25, 0.3) is 0 Å². The lowest BCUT2D eigenvalue weighted by molar-refractivity contribution is -0.131. The lowest BCUT2D eigenvalue weighted by atomic mass is 10.2. The van der Waals surface area contributed by atoms with Crippen LogP contribution < -0.4 is 4.74 Å². The molecule has 3 nitrogen and oxygen atoms in total.